The third kappa shape index (κ3) is 2.45. The van der Waals surface area contributed by atoms with E-state index in [-0.39, 0.29) is 0 Å². The predicted molar refractivity (Wildman–Crippen MR) is 63.1 cm³/mol. The third-order valence-corrected chi connectivity index (χ3v) is 2.91. The van der Waals surface area contributed by atoms with Gasteiger partial charge in [0, 0.05) is 12.0 Å². The van der Waals surface area contributed by atoms with Gasteiger partial charge in [-0.3, -0.25) is 4.79 Å². The molecule has 1 atom stereocenters. The molecule has 0 radical (unpaired) electrons. The van der Waals surface area contributed by atoms with Crippen LogP contribution in [-0.2, 0) is 0 Å². The summed E-state index contributed by atoms with van der Waals surface area (Å²) in [5, 5.41) is 0. The Bertz CT molecular complexity index is 333. The molecule has 0 aromatic heterocycles. The Labute approximate surface area is 91.5 Å². The smallest absolute Gasteiger partial charge is 0.163 e. The van der Waals surface area contributed by atoms with Crippen molar-refractivity contribution in [2.75, 3.05) is 7.05 Å². The second kappa shape index (κ2) is 5.66. The zero-order valence-corrected chi connectivity index (χ0v) is 9.49. The van der Waals surface area contributed by atoms with Gasteiger partial charge in [0.25, 0.3) is 0 Å². The standard InChI is InChI=1S/C12H14O.CH5N/c1-2-9-7-8-12(13)11-6-4-3-5-10(9)11;1-2/h3-6,9H,2,7-8H2,1H3;2H2,1H3. The molecule has 2 nitrogen and oxygen atoms in total. The molecule has 1 aromatic carbocycles. The Kier molecular flexibility index (Phi) is 4.50. The Hall–Kier alpha value is -1.15. The maximum Gasteiger partial charge on any atom is 0.163 e. The summed E-state index contributed by atoms with van der Waals surface area (Å²) in [6.45, 7) is 2.19. The van der Waals surface area contributed by atoms with E-state index in [4.69, 9.17) is 0 Å². The maximum absolute atomic E-state index is 11.5. The molecule has 0 amide bonds. The number of fused-ring (bicyclic) bond motifs is 1. The van der Waals surface area contributed by atoms with Crippen LogP contribution in [0.3, 0.4) is 0 Å². The number of carbonyl (C=O) groups excluding carboxylic acids is 1. The first-order chi connectivity index (χ1) is 7.33. The first-order valence-corrected chi connectivity index (χ1v) is 5.52. The first-order valence-electron chi connectivity index (χ1n) is 5.52. The van der Waals surface area contributed by atoms with Gasteiger partial charge in [-0.2, -0.15) is 0 Å². The second-order valence-corrected chi connectivity index (χ2v) is 3.65. The normalized spacial score (nSPS) is 18.9. The van der Waals surface area contributed by atoms with Gasteiger partial charge in [0.15, 0.2) is 5.78 Å². The van der Waals surface area contributed by atoms with Gasteiger partial charge >= 0.3 is 0 Å². The number of hydrogen-bond donors (Lipinski definition) is 1. The van der Waals surface area contributed by atoms with Crippen LogP contribution < -0.4 is 5.73 Å². The molecule has 0 bridgehead atoms. The van der Waals surface area contributed by atoms with Gasteiger partial charge in [-0.05, 0) is 31.4 Å². The van der Waals surface area contributed by atoms with E-state index in [2.05, 4.69) is 18.7 Å². The number of nitrogens with two attached hydrogens (primary N) is 1. The summed E-state index contributed by atoms with van der Waals surface area (Å²) in [5.74, 6) is 0.925. The minimum atomic E-state index is 0.320. The summed E-state index contributed by atoms with van der Waals surface area (Å²) in [7, 11) is 1.50. The van der Waals surface area contributed by atoms with E-state index in [1.54, 1.807) is 0 Å². The monoisotopic (exact) mass is 205 g/mol. The topological polar surface area (TPSA) is 43.1 Å². The predicted octanol–water partition coefficient (Wildman–Crippen LogP) is 2.73. The van der Waals surface area contributed by atoms with E-state index < -0.39 is 0 Å². The minimum Gasteiger partial charge on any atom is -0.333 e. The van der Waals surface area contributed by atoms with E-state index in [9.17, 15) is 4.79 Å². The summed E-state index contributed by atoms with van der Waals surface area (Å²) in [5.41, 5.74) is 6.72. The van der Waals surface area contributed by atoms with E-state index in [0.29, 0.717) is 11.7 Å². The van der Waals surface area contributed by atoms with Gasteiger partial charge in [-0.15, -0.1) is 0 Å². The van der Waals surface area contributed by atoms with Crippen molar-refractivity contribution in [3.05, 3.63) is 35.4 Å². The second-order valence-electron chi connectivity index (χ2n) is 3.65. The van der Waals surface area contributed by atoms with Gasteiger partial charge < -0.3 is 5.73 Å². The van der Waals surface area contributed by atoms with Crippen LogP contribution in [0.4, 0.5) is 0 Å². The summed E-state index contributed by atoms with van der Waals surface area (Å²) in [4.78, 5) is 11.5. The summed E-state index contributed by atoms with van der Waals surface area (Å²) in [6, 6.07) is 8.04. The number of rotatable bonds is 1. The molecule has 1 aliphatic rings. The molecule has 2 heteroatoms. The lowest BCUT2D eigenvalue weighted by Crippen LogP contribution is -2.14. The number of Topliss-reactive ketones (excluding diaryl/α,β-unsaturated/α-hetero) is 1. The van der Waals surface area contributed by atoms with Crippen LogP contribution in [0.1, 0.15) is 48.0 Å². The lowest BCUT2D eigenvalue weighted by atomic mass is 9.81. The van der Waals surface area contributed by atoms with Crippen LogP contribution in [0, 0.1) is 0 Å². The molecule has 82 valence electrons. The van der Waals surface area contributed by atoms with E-state index in [0.717, 1.165) is 24.8 Å². The highest BCUT2D eigenvalue weighted by atomic mass is 16.1. The highest BCUT2D eigenvalue weighted by Crippen LogP contribution is 2.33. The lowest BCUT2D eigenvalue weighted by molar-refractivity contribution is 0.0966. The zero-order valence-electron chi connectivity index (χ0n) is 9.49. The quantitative estimate of drug-likeness (QED) is 0.766. The molecule has 1 aliphatic carbocycles. The van der Waals surface area contributed by atoms with Crippen molar-refractivity contribution >= 4 is 5.78 Å². The third-order valence-electron chi connectivity index (χ3n) is 2.91. The first kappa shape index (κ1) is 11.9. The Morgan fingerprint density at radius 3 is 2.67 bits per heavy atom. The molecule has 2 N–H and O–H groups in total. The van der Waals surface area contributed by atoms with Gasteiger partial charge in [0.2, 0.25) is 0 Å². The molecule has 15 heavy (non-hydrogen) atoms. The minimum absolute atomic E-state index is 0.320. The average molecular weight is 205 g/mol. The summed E-state index contributed by atoms with van der Waals surface area (Å²) < 4.78 is 0. The van der Waals surface area contributed by atoms with Crippen LogP contribution in [0.2, 0.25) is 0 Å². The van der Waals surface area contributed by atoms with Crippen LogP contribution in [0.15, 0.2) is 24.3 Å². The van der Waals surface area contributed by atoms with Crippen molar-refractivity contribution in [2.45, 2.75) is 32.1 Å². The molecule has 0 heterocycles. The van der Waals surface area contributed by atoms with Gasteiger partial charge in [0.1, 0.15) is 0 Å². The SMILES string of the molecule is CCC1CCC(=O)c2ccccc21.CN. The molecular formula is C13H19NO. The Balaban J connectivity index is 0.000000531. The Morgan fingerprint density at radius 1 is 1.33 bits per heavy atom. The Morgan fingerprint density at radius 2 is 2.00 bits per heavy atom. The number of benzene rings is 1. The van der Waals surface area contributed by atoms with Crippen molar-refractivity contribution in [1.82, 2.24) is 0 Å². The molecule has 0 aliphatic heterocycles. The number of ketones is 1. The fourth-order valence-corrected chi connectivity index (χ4v) is 2.13. The molecule has 0 fully saturated rings. The molecule has 2 rings (SSSR count). The number of hydrogen-bond acceptors (Lipinski definition) is 2. The average Bonchev–Trinajstić information content (AvgIpc) is 2.33. The van der Waals surface area contributed by atoms with Crippen LogP contribution in [-0.4, -0.2) is 12.8 Å². The zero-order chi connectivity index (χ0) is 11.3. The van der Waals surface area contributed by atoms with Crippen LogP contribution in [0.5, 0.6) is 0 Å². The van der Waals surface area contributed by atoms with Crippen molar-refractivity contribution in [1.29, 1.82) is 0 Å². The lowest BCUT2D eigenvalue weighted by Gasteiger charge is -2.23. The molecule has 1 aromatic rings. The van der Waals surface area contributed by atoms with E-state index in [1.807, 2.05) is 18.2 Å². The van der Waals surface area contributed by atoms with Gasteiger partial charge in [0.05, 0.1) is 0 Å². The number of carbonyl (C=O) groups is 1. The highest BCUT2D eigenvalue weighted by Gasteiger charge is 2.23. The van der Waals surface area contributed by atoms with Crippen molar-refractivity contribution in [2.24, 2.45) is 5.73 Å². The highest BCUT2D eigenvalue weighted by molar-refractivity contribution is 5.98. The molecular weight excluding hydrogens is 186 g/mol. The summed E-state index contributed by atoms with van der Waals surface area (Å²) >= 11 is 0. The van der Waals surface area contributed by atoms with Crippen molar-refractivity contribution in [3.8, 4) is 0 Å². The molecule has 0 spiro atoms. The van der Waals surface area contributed by atoms with E-state index in [1.165, 1.54) is 12.6 Å². The maximum atomic E-state index is 11.5. The van der Waals surface area contributed by atoms with Crippen LogP contribution in [0.25, 0.3) is 0 Å². The summed E-state index contributed by atoms with van der Waals surface area (Å²) in [6.07, 6.45) is 2.91. The fraction of sp³-hybridized carbons (Fsp3) is 0.462. The largest absolute Gasteiger partial charge is 0.333 e. The van der Waals surface area contributed by atoms with Crippen molar-refractivity contribution in [3.63, 3.8) is 0 Å². The fourth-order valence-electron chi connectivity index (χ4n) is 2.13. The van der Waals surface area contributed by atoms with Gasteiger partial charge in [-0.25, -0.2) is 0 Å². The van der Waals surface area contributed by atoms with Crippen LogP contribution >= 0.6 is 0 Å². The van der Waals surface area contributed by atoms with Gasteiger partial charge in [-0.1, -0.05) is 31.2 Å². The molecule has 1 unspecified atom stereocenters. The van der Waals surface area contributed by atoms with Crippen molar-refractivity contribution < 1.29 is 4.79 Å². The molecule has 0 saturated heterocycles. The molecule has 0 saturated carbocycles. The van der Waals surface area contributed by atoms with E-state index >= 15 is 0 Å².